The number of amides is 4. The zero-order valence-electron chi connectivity index (χ0n) is 24.4. The van der Waals surface area contributed by atoms with Crippen LogP contribution in [-0.4, -0.2) is 86.6 Å². The van der Waals surface area contributed by atoms with E-state index in [1.165, 1.54) is 9.58 Å². The van der Waals surface area contributed by atoms with Crippen LogP contribution in [0.1, 0.15) is 51.8 Å². The molecule has 3 heterocycles. The average molecular weight is 568 g/mol. The van der Waals surface area contributed by atoms with Crippen molar-refractivity contribution in [3.63, 3.8) is 0 Å². The van der Waals surface area contributed by atoms with Gasteiger partial charge >= 0.3 is 6.03 Å². The molecule has 220 valence electrons. The Morgan fingerprint density at radius 2 is 1.98 bits per heavy atom. The predicted octanol–water partition coefficient (Wildman–Crippen LogP) is 2.97. The fourth-order valence-corrected chi connectivity index (χ4v) is 4.79. The number of hydrogen-bond acceptors (Lipinski definition) is 8. The van der Waals surface area contributed by atoms with Crippen molar-refractivity contribution >= 4 is 29.2 Å². The zero-order valence-corrected chi connectivity index (χ0v) is 24.4. The molecule has 0 aliphatic carbocycles. The minimum Gasteiger partial charge on any atom is -0.485 e. The van der Waals surface area contributed by atoms with Crippen LogP contribution in [0.2, 0.25) is 0 Å². The van der Waals surface area contributed by atoms with Gasteiger partial charge in [-0.3, -0.25) is 14.3 Å². The first-order valence-corrected chi connectivity index (χ1v) is 13.4. The zero-order chi connectivity index (χ0) is 30.0. The van der Waals surface area contributed by atoms with Crippen LogP contribution in [0.15, 0.2) is 28.8 Å². The van der Waals surface area contributed by atoms with E-state index in [0.717, 1.165) is 0 Å². The summed E-state index contributed by atoms with van der Waals surface area (Å²) >= 11 is 0. The van der Waals surface area contributed by atoms with E-state index in [9.17, 15) is 19.5 Å². The van der Waals surface area contributed by atoms with E-state index in [1.807, 2.05) is 6.92 Å². The number of nitrogens with zero attached hydrogens (tertiary/aromatic N) is 5. The van der Waals surface area contributed by atoms with Crippen LogP contribution in [-0.2, 0) is 7.05 Å². The van der Waals surface area contributed by atoms with Crippen LogP contribution in [0.5, 0.6) is 5.75 Å². The van der Waals surface area contributed by atoms with Crippen molar-refractivity contribution in [3.05, 3.63) is 52.7 Å². The summed E-state index contributed by atoms with van der Waals surface area (Å²) in [5, 5.41) is 23.7. The SMILES string of the molecule is Cc1cc(C(=O)Nc2cccc3c2O[C@H](CN(C)C(=O)Nc2c(C)noc2C)[C@H](C)CN([C@@H](C)CO)C3=O)n(C)n1. The number of urea groups is 1. The van der Waals surface area contributed by atoms with Crippen LogP contribution < -0.4 is 15.4 Å². The second-order valence-electron chi connectivity index (χ2n) is 10.6. The maximum atomic E-state index is 13.7. The summed E-state index contributed by atoms with van der Waals surface area (Å²) < 4.78 is 13.1. The van der Waals surface area contributed by atoms with E-state index < -0.39 is 18.1 Å². The Morgan fingerprint density at radius 3 is 2.59 bits per heavy atom. The van der Waals surface area contributed by atoms with Gasteiger partial charge in [0.2, 0.25) is 0 Å². The van der Waals surface area contributed by atoms with Crippen molar-refractivity contribution in [1.82, 2.24) is 24.7 Å². The molecule has 0 fully saturated rings. The molecule has 13 heteroatoms. The third-order valence-corrected chi connectivity index (χ3v) is 7.24. The number of ether oxygens (including phenoxy) is 1. The van der Waals surface area contributed by atoms with Crippen LogP contribution in [0.4, 0.5) is 16.2 Å². The van der Waals surface area contributed by atoms with Gasteiger partial charge in [-0.15, -0.1) is 0 Å². The molecule has 1 aliphatic rings. The highest BCUT2D eigenvalue weighted by atomic mass is 16.5. The summed E-state index contributed by atoms with van der Waals surface area (Å²) in [5.74, 6) is -0.315. The Kier molecular flexibility index (Phi) is 8.66. The summed E-state index contributed by atoms with van der Waals surface area (Å²) in [7, 11) is 3.31. The molecule has 13 nitrogen and oxygen atoms in total. The lowest BCUT2D eigenvalue weighted by Crippen LogP contribution is -2.50. The van der Waals surface area contributed by atoms with Gasteiger partial charge in [-0.2, -0.15) is 5.10 Å². The Hall–Kier alpha value is -4.39. The number of hydrogen-bond donors (Lipinski definition) is 3. The number of carbonyl (C=O) groups excluding carboxylic acids is 3. The highest BCUT2D eigenvalue weighted by Crippen LogP contribution is 2.35. The van der Waals surface area contributed by atoms with Gasteiger partial charge in [0.25, 0.3) is 11.8 Å². The normalized spacial score (nSPS) is 17.7. The number of aliphatic hydroxyl groups is 1. The molecule has 0 saturated heterocycles. The highest BCUT2D eigenvalue weighted by molar-refractivity contribution is 6.06. The molecule has 3 N–H and O–H groups in total. The lowest BCUT2D eigenvalue weighted by Gasteiger charge is -2.38. The van der Waals surface area contributed by atoms with Crippen molar-refractivity contribution in [1.29, 1.82) is 0 Å². The molecule has 2 aromatic heterocycles. The summed E-state index contributed by atoms with van der Waals surface area (Å²) in [5.41, 5.74) is 2.64. The minimum atomic E-state index is -0.576. The number of aromatic nitrogens is 3. The number of aryl methyl sites for hydroxylation is 4. The fraction of sp³-hybridized carbons (Fsp3) is 0.464. The lowest BCUT2D eigenvalue weighted by atomic mass is 9.99. The third-order valence-electron chi connectivity index (χ3n) is 7.24. The maximum Gasteiger partial charge on any atom is 0.321 e. The summed E-state index contributed by atoms with van der Waals surface area (Å²) in [6.45, 7) is 9.14. The van der Waals surface area contributed by atoms with Crippen LogP contribution >= 0.6 is 0 Å². The third kappa shape index (κ3) is 6.19. The van der Waals surface area contributed by atoms with E-state index >= 15 is 0 Å². The fourth-order valence-electron chi connectivity index (χ4n) is 4.79. The van der Waals surface area contributed by atoms with Crippen LogP contribution in [0.3, 0.4) is 0 Å². The predicted molar refractivity (Wildman–Crippen MR) is 151 cm³/mol. The number of benzene rings is 1. The van der Waals surface area contributed by atoms with Gasteiger partial charge in [0.05, 0.1) is 36.1 Å². The molecule has 0 saturated carbocycles. The summed E-state index contributed by atoms with van der Waals surface area (Å²) in [6, 6.07) is 5.75. The lowest BCUT2D eigenvalue weighted by molar-refractivity contribution is 0.0372. The standard InChI is InChI=1S/C28H37N7O6/c1-15-12-35(17(3)14-36)27(38)20-9-8-10-21(29-26(37)22-11-16(2)31-34(22)7)25(20)40-23(15)13-33(6)28(39)30-24-18(4)32-41-19(24)5/h8-11,15,17,23,36H,12-14H2,1-7H3,(H,29,37)(H,30,39)/t15-,17+,23-/m1/s1. The molecule has 0 unspecified atom stereocenters. The van der Waals surface area contributed by atoms with Crippen LogP contribution in [0, 0.1) is 26.7 Å². The Balaban J connectivity index is 1.67. The van der Waals surface area contributed by atoms with Crippen molar-refractivity contribution < 1.29 is 28.8 Å². The topological polar surface area (TPSA) is 155 Å². The molecular formula is C28H37N7O6. The van der Waals surface area contributed by atoms with Gasteiger partial charge in [-0.1, -0.05) is 18.1 Å². The monoisotopic (exact) mass is 567 g/mol. The molecule has 0 radical (unpaired) electrons. The smallest absolute Gasteiger partial charge is 0.321 e. The quantitative estimate of drug-likeness (QED) is 0.394. The number of aliphatic hydroxyl groups excluding tert-OH is 1. The number of nitrogens with one attached hydrogen (secondary N) is 2. The maximum absolute atomic E-state index is 13.7. The van der Waals surface area contributed by atoms with Gasteiger partial charge in [-0.25, -0.2) is 4.79 Å². The van der Waals surface area contributed by atoms with Gasteiger partial charge < -0.3 is 34.8 Å². The van der Waals surface area contributed by atoms with Gasteiger partial charge in [0.15, 0.2) is 11.5 Å². The first kappa shape index (κ1) is 29.6. The molecule has 3 aromatic rings. The molecule has 1 aliphatic heterocycles. The van der Waals surface area contributed by atoms with E-state index in [2.05, 4.69) is 20.9 Å². The Morgan fingerprint density at radius 1 is 1.24 bits per heavy atom. The Bertz CT molecular complexity index is 1430. The Labute approximate surface area is 238 Å². The second-order valence-corrected chi connectivity index (χ2v) is 10.6. The van der Waals surface area contributed by atoms with E-state index in [4.69, 9.17) is 9.26 Å². The van der Waals surface area contributed by atoms with Gasteiger partial charge in [0, 0.05) is 26.6 Å². The summed E-state index contributed by atoms with van der Waals surface area (Å²) in [4.78, 5) is 43.0. The number of anilines is 2. The number of para-hydroxylation sites is 1. The molecule has 4 amide bonds. The number of likely N-dealkylation sites (N-methyl/N-ethyl adjacent to an activating group) is 1. The second kappa shape index (κ2) is 12.0. The first-order chi connectivity index (χ1) is 19.4. The largest absolute Gasteiger partial charge is 0.485 e. The molecule has 41 heavy (non-hydrogen) atoms. The molecular weight excluding hydrogens is 530 g/mol. The van der Waals surface area contributed by atoms with Crippen molar-refractivity contribution in [2.45, 2.75) is 46.8 Å². The molecule has 0 bridgehead atoms. The number of fused-ring (bicyclic) bond motifs is 1. The van der Waals surface area contributed by atoms with Crippen LogP contribution in [0.25, 0.3) is 0 Å². The number of rotatable bonds is 7. The van der Waals surface area contributed by atoms with E-state index in [0.29, 0.717) is 34.2 Å². The average Bonchev–Trinajstić information content (AvgIpc) is 3.44. The van der Waals surface area contributed by atoms with Crippen molar-refractivity contribution in [2.24, 2.45) is 13.0 Å². The molecule has 3 atom stereocenters. The first-order valence-electron chi connectivity index (χ1n) is 13.4. The molecule has 0 spiro atoms. The molecule has 4 rings (SSSR count). The van der Waals surface area contributed by atoms with E-state index in [1.54, 1.807) is 71.0 Å². The minimum absolute atomic E-state index is 0.161. The van der Waals surface area contributed by atoms with E-state index in [-0.39, 0.29) is 48.9 Å². The highest BCUT2D eigenvalue weighted by Gasteiger charge is 2.35. The van der Waals surface area contributed by atoms with Crippen molar-refractivity contribution in [2.75, 3.05) is 37.4 Å². The van der Waals surface area contributed by atoms with Gasteiger partial charge in [-0.05, 0) is 45.9 Å². The van der Waals surface area contributed by atoms with Gasteiger partial charge in [0.1, 0.15) is 23.2 Å². The number of carbonyl (C=O) groups is 3. The van der Waals surface area contributed by atoms with Crippen molar-refractivity contribution in [3.8, 4) is 5.75 Å². The summed E-state index contributed by atoms with van der Waals surface area (Å²) in [6.07, 6.45) is -0.576. The molecule has 1 aromatic carbocycles.